The lowest BCUT2D eigenvalue weighted by Crippen LogP contribution is -2.06. The van der Waals surface area contributed by atoms with Crippen molar-refractivity contribution in [2.75, 3.05) is 0 Å². The van der Waals surface area contributed by atoms with Crippen LogP contribution in [0.3, 0.4) is 0 Å². The SMILES string of the molecule is Cc1ccc([S+](c2cccc(C)c2)c2ccccc2C)cc1. The molecule has 0 aliphatic carbocycles. The highest BCUT2D eigenvalue weighted by atomic mass is 32.2. The first-order chi connectivity index (χ1) is 10.6. The first-order valence-corrected chi connectivity index (χ1v) is 8.81. The van der Waals surface area contributed by atoms with Gasteiger partial charge in [-0.05, 0) is 56.7 Å². The minimum Gasteiger partial charge on any atom is -0.0616 e. The Kier molecular flexibility index (Phi) is 4.35. The number of aryl methyl sites for hydroxylation is 3. The van der Waals surface area contributed by atoms with Crippen LogP contribution in [0.2, 0.25) is 0 Å². The summed E-state index contributed by atoms with van der Waals surface area (Å²) >= 11 is 0. The van der Waals surface area contributed by atoms with Crippen molar-refractivity contribution in [2.24, 2.45) is 0 Å². The smallest absolute Gasteiger partial charge is 0.0616 e. The van der Waals surface area contributed by atoms with Crippen molar-refractivity contribution in [2.45, 2.75) is 35.5 Å². The number of rotatable bonds is 3. The second-order valence-corrected chi connectivity index (χ2v) is 7.70. The summed E-state index contributed by atoms with van der Waals surface area (Å²) in [6.07, 6.45) is 0. The molecule has 0 nitrogen and oxygen atoms in total. The van der Waals surface area contributed by atoms with Crippen LogP contribution in [0.25, 0.3) is 0 Å². The standard InChI is InChI=1S/C21H21S/c1-16-11-13-19(14-12-16)22(20-9-6-7-17(2)15-20)21-10-5-4-8-18(21)3/h4-15H,1-3H3/q+1. The predicted octanol–water partition coefficient (Wildman–Crippen LogP) is 5.71. The molecule has 110 valence electrons. The Morgan fingerprint density at radius 2 is 1.32 bits per heavy atom. The van der Waals surface area contributed by atoms with Crippen LogP contribution < -0.4 is 0 Å². The van der Waals surface area contributed by atoms with Gasteiger partial charge in [0.2, 0.25) is 0 Å². The van der Waals surface area contributed by atoms with Crippen LogP contribution in [0.5, 0.6) is 0 Å². The van der Waals surface area contributed by atoms with E-state index in [9.17, 15) is 0 Å². The van der Waals surface area contributed by atoms with Crippen LogP contribution in [0.15, 0.2) is 87.5 Å². The summed E-state index contributed by atoms with van der Waals surface area (Å²) in [5, 5.41) is 0. The molecule has 1 heteroatoms. The maximum absolute atomic E-state index is 2.31. The van der Waals surface area contributed by atoms with Gasteiger partial charge in [-0.2, -0.15) is 0 Å². The molecule has 0 radical (unpaired) electrons. The Morgan fingerprint density at radius 3 is 2.00 bits per heavy atom. The fourth-order valence-corrected chi connectivity index (χ4v) is 4.90. The molecule has 3 aromatic rings. The number of hydrogen-bond acceptors (Lipinski definition) is 0. The normalized spacial score (nSPS) is 12.1. The third-order valence-corrected chi connectivity index (χ3v) is 6.16. The Morgan fingerprint density at radius 1 is 0.591 bits per heavy atom. The van der Waals surface area contributed by atoms with E-state index in [0.717, 1.165) is 0 Å². The molecule has 22 heavy (non-hydrogen) atoms. The Hall–Kier alpha value is -1.99. The lowest BCUT2D eigenvalue weighted by Gasteiger charge is -2.10. The van der Waals surface area contributed by atoms with Crippen LogP contribution in [0, 0.1) is 20.8 Å². The van der Waals surface area contributed by atoms with E-state index in [-0.39, 0.29) is 10.9 Å². The number of benzene rings is 3. The van der Waals surface area contributed by atoms with Crippen molar-refractivity contribution in [3.63, 3.8) is 0 Å². The van der Waals surface area contributed by atoms with Gasteiger partial charge in [-0.3, -0.25) is 0 Å². The second kappa shape index (κ2) is 6.41. The van der Waals surface area contributed by atoms with Crippen LogP contribution in [0.1, 0.15) is 16.7 Å². The van der Waals surface area contributed by atoms with Crippen LogP contribution in [0.4, 0.5) is 0 Å². The van der Waals surface area contributed by atoms with Crippen molar-refractivity contribution < 1.29 is 0 Å². The second-order valence-electron chi connectivity index (χ2n) is 5.70. The highest BCUT2D eigenvalue weighted by Crippen LogP contribution is 2.33. The fourth-order valence-electron chi connectivity index (χ4n) is 2.59. The molecule has 3 rings (SSSR count). The molecule has 0 bridgehead atoms. The van der Waals surface area contributed by atoms with Gasteiger partial charge in [-0.1, -0.05) is 48.0 Å². The van der Waals surface area contributed by atoms with Gasteiger partial charge in [0.05, 0.1) is 10.9 Å². The van der Waals surface area contributed by atoms with Crippen LogP contribution >= 0.6 is 0 Å². The van der Waals surface area contributed by atoms with Crippen molar-refractivity contribution in [3.05, 3.63) is 89.5 Å². The molecular formula is C21H21S+. The molecule has 0 aliphatic heterocycles. The van der Waals surface area contributed by atoms with Crippen molar-refractivity contribution in [1.29, 1.82) is 0 Å². The molecule has 0 N–H and O–H groups in total. The summed E-state index contributed by atoms with van der Waals surface area (Å²) in [6, 6.07) is 26.6. The van der Waals surface area contributed by atoms with E-state index >= 15 is 0 Å². The maximum atomic E-state index is 2.31. The molecule has 0 amide bonds. The van der Waals surface area contributed by atoms with E-state index in [0.29, 0.717) is 0 Å². The molecule has 1 unspecified atom stereocenters. The first kappa shape index (κ1) is 14.9. The molecule has 0 spiro atoms. The van der Waals surface area contributed by atoms with E-state index in [4.69, 9.17) is 0 Å². The highest BCUT2D eigenvalue weighted by molar-refractivity contribution is 7.97. The zero-order valence-electron chi connectivity index (χ0n) is 13.3. The third kappa shape index (κ3) is 3.10. The molecule has 0 saturated heterocycles. The zero-order valence-corrected chi connectivity index (χ0v) is 14.2. The molecule has 1 atom stereocenters. The third-order valence-electron chi connectivity index (χ3n) is 3.80. The number of hydrogen-bond donors (Lipinski definition) is 0. The van der Waals surface area contributed by atoms with Gasteiger partial charge in [0.15, 0.2) is 14.7 Å². The van der Waals surface area contributed by atoms with Gasteiger partial charge in [0, 0.05) is 5.56 Å². The first-order valence-electron chi connectivity index (χ1n) is 7.58. The summed E-state index contributed by atoms with van der Waals surface area (Å²) in [5.74, 6) is 0. The molecule has 0 saturated carbocycles. The monoisotopic (exact) mass is 305 g/mol. The van der Waals surface area contributed by atoms with Gasteiger partial charge in [-0.25, -0.2) is 0 Å². The van der Waals surface area contributed by atoms with Crippen molar-refractivity contribution >= 4 is 10.9 Å². The summed E-state index contributed by atoms with van der Waals surface area (Å²) in [6.45, 7) is 6.51. The van der Waals surface area contributed by atoms with Crippen LogP contribution in [-0.4, -0.2) is 0 Å². The minimum atomic E-state index is -0.0448. The van der Waals surface area contributed by atoms with Gasteiger partial charge in [0.1, 0.15) is 0 Å². The highest BCUT2D eigenvalue weighted by Gasteiger charge is 2.29. The van der Waals surface area contributed by atoms with E-state index in [1.54, 1.807) is 0 Å². The van der Waals surface area contributed by atoms with E-state index < -0.39 is 0 Å². The van der Waals surface area contributed by atoms with Gasteiger partial charge < -0.3 is 0 Å². The molecule has 0 heterocycles. The fraction of sp³-hybridized carbons (Fsp3) is 0.143. The average molecular weight is 305 g/mol. The summed E-state index contributed by atoms with van der Waals surface area (Å²) in [4.78, 5) is 4.18. The minimum absolute atomic E-state index is 0.0448. The van der Waals surface area contributed by atoms with Crippen molar-refractivity contribution in [1.82, 2.24) is 0 Å². The maximum Gasteiger partial charge on any atom is 0.169 e. The predicted molar refractivity (Wildman–Crippen MR) is 95.7 cm³/mol. The van der Waals surface area contributed by atoms with Crippen molar-refractivity contribution in [3.8, 4) is 0 Å². The zero-order chi connectivity index (χ0) is 15.5. The lowest BCUT2D eigenvalue weighted by atomic mass is 10.2. The Bertz CT molecular complexity index is 772. The summed E-state index contributed by atoms with van der Waals surface area (Å²) in [5.41, 5.74) is 3.98. The van der Waals surface area contributed by atoms with Gasteiger partial charge >= 0.3 is 0 Å². The molecule has 0 fully saturated rings. The lowest BCUT2D eigenvalue weighted by molar-refractivity contribution is 1.24. The summed E-state index contributed by atoms with van der Waals surface area (Å²) in [7, 11) is -0.0448. The van der Waals surface area contributed by atoms with Gasteiger partial charge in [0.25, 0.3) is 0 Å². The van der Waals surface area contributed by atoms with E-state index in [1.165, 1.54) is 31.4 Å². The quantitative estimate of drug-likeness (QED) is 0.544. The molecule has 3 aromatic carbocycles. The largest absolute Gasteiger partial charge is 0.169 e. The molecular weight excluding hydrogens is 284 g/mol. The van der Waals surface area contributed by atoms with E-state index in [1.807, 2.05) is 0 Å². The van der Waals surface area contributed by atoms with Crippen LogP contribution in [-0.2, 0) is 10.9 Å². The molecule has 0 aliphatic rings. The Labute approximate surface area is 136 Å². The van der Waals surface area contributed by atoms with Gasteiger partial charge in [-0.15, -0.1) is 0 Å². The average Bonchev–Trinajstić information content (AvgIpc) is 2.51. The van der Waals surface area contributed by atoms with E-state index in [2.05, 4.69) is 93.6 Å². The molecule has 0 aromatic heterocycles. The Balaban J connectivity index is 2.18. The summed E-state index contributed by atoms with van der Waals surface area (Å²) < 4.78 is 0. The topological polar surface area (TPSA) is 0 Å².